The first-order valence-electron chi connectivity index (χ1n) is 6.98. The molecule has 0 spiro atoms. The molecule has 4 nitrogen and oxygen atoms in total. The number of aryl methyl sites for hydroxylation is 1. The Kier molecular flexibility index (Phi) is 5.51. The molecule has 0 aromatic heterocycles. The standard InChI is InChI=1S/C17H17F2NO3/c1-22-15-5-3-11(7-16(15)23-2)4-6-17(21)20-14-9-12(18)8-13(19)10-14/h3,5,7-10H,4,6H2,1-2H3,(H,20,21). The van der Waals surface area contributed by atoms with Crippen LogP contribution in [0, 0.1) is 11.6 Å². The highest BCUT2D eigenvalue weighted by molar-refractivity contribution is 5.90. The lowest BCUT2D eigenvalue weighted by Gasteiger charge is -2.10. The number of nitrogens with one attached hydrogen (secondary N) is 1. The summed E-state index contributed by atoms with van der Waals surface area (Å²) in [6.45, 7) is 0. The SMILES string of the molecule is COc1ccc(CCC(=O)Nc2cc(F)cc(F)c2)cc1OC. The van der Waals surface area contributed by atoms with Crippen LogP contribution in [0.2, 0.25) is 0 Å². The smallest absolute Gasteiger partial charge is 0.224 e. The Hall–Kier alpha value is -2.63. The molecule has 0 unspecified atom stereocenters. The van der Waals surface area contributed by atoms with E-state index in [-0.39, 0.29) is 18.0 Å². The van der Waals surface area contributed by atoms with Gasteiger partial charge in [-0.1, -0.05) is 6.07 Å². The number of methoxy groups -OCH3 is 2. The number of ether oxygens (including phenoxy) is 2. The number of carbonyl (C=O) groups excluding carboxylic acids is 1. The van der Waals surface area contributed by atoms with Crippen LogP contribution in [0.4, 0.5) is 14.5 Å². The predicted molar refractivity (Wildman–Crippen MR) is 82.9 cm³/mol. The zero-order valence-corrected chi connectivity index (χ0v) is 12.9. The first-order valence-corrected chi connectivity index (χ1v) is 6.98. The van der Waals surface area contributed by atoms with Crippen molar-refractivity contribution in [2.75, 3.05) is 19.5 Å². The van der Waals surface area contributed by atoms with Gasteiger partial charge < -0.3 is 14.8 Å². The molecule has 0 aliphatic heterocycles. The summed E-state index contributed by atoms with van der Waals surface area (Å²) in [6.07, 6.45) is 0.637. The van der Waals surface area contributed by atoms with E-state index >= 15 is 0 Å². The maximum Gasteiger partial charge on any atom is 0.224 e. The highest BCUT2D eigenvalue weighted by atomic mass is 19.1. The largest absolute Gasteiger partial charge is 0.493 e. The normalized spacial score (nSPS) is 10.3. The van der Waals surface area contributed by atoms with E-state index in [0.29, 0.717) is 17.9 Å². The van der Waals surface area contributed by atoms with E-state index in [1.54, 1.807) is 19.2 Å². The van der Waals surface area contributed by atoms with E-state index < -0.39 is 11.6 Å². The molecule has 0 aliphatic rings. The zero-order valence-electron chi connectivity index (χ0n) is 12.9. The third kappa shape index (κ3) is 4.67. The molecule has 1 amide bonds. The van der Waals surface area contributed by atoms with Gasteiger partial charge in [0.05, 0.1) is 14.2 Å². The van der Waals surface area contributed by atoms with E-state index in [0.717, 1.165) is 23.8 Å². The van der Waals surface area contributed by atoms with Crippen molar-refractivity contribution < 1.29 is 23.0 Å². The summed E-state index contributed by atoms with van der Waals surface area (Å²) >= 11 is 0. The molecule has 6 heteroatoms. The van der Waals surface area contributed by atoms with Crippen molar-refractivity contribution >= 4 is 11.6 Å². The van der Waals surface area contributed by atoms with Gasteiger partial charge in [0, 0.05) is 18.2 Å². The van der Waals surface area contributed by atoms with Gasteiger partial charge in [-0.05, 0) is 36.2 Å². The number of rotatable bonds is 6. The molecule has 122 valence electrons. The van der Waals surface area contributed by atoms with Gasteiger partial charge in [0.1, 0.15) is 11.6 Å². The van der Waals surface area contributed by atoms with Crippen LogP contribution < -0.4 is 14.8 Å². The monoisotopic (exact) mass is 321 g/mol. The molecule has 1 N–H and O–H groups in total. The number of anilines is 1. The average Bonchev–Trinajstić information content (AvgIpc) is 2.51. The molecule has 0 radical (unpaired) electrons. The van der Waals surface area contributed by atoms with Crippen molar-refractivity contribution in [3.8, 4) is 11.5 Å². The van der Waals surface area contributed by atoms with Gasteiger partial charge in [-0.2, -0.15) is 0 Å². The first-order chi connectivity index (χ1) is 11.0. The van der Waals surface area contributed by atoms with Crippen molar-refractivity contribution in [3.63, 3.8) is 0 Å². The van der Waals surface area contributed by atoms with Crippen LogP contribution in [0.15, 0.2) is 36.4 Å². The predicted octanol–water partition coefficient (Wildman–Crippen LogP) is 3.55. The Morgan fingerprint density at radius 1 is 1.00 bits per heavy atom. The van der Waals surface area contributed by atoms with E-state index in [1.165, 1.54) is 7.11 Å². The minimum atomic E-state index is -0.736. The summed E-state index contributed by atoms with van der Waals surface area (Å²) < 4.78 is 36.5. The minimum absolute atomic E-state index is 0.0970. The summed E-state index contributed by atoms with van der Waals surface area (Å²) in [5.74, 6) is -0.612. The van der Waals surface area contributed by atoms with Crippen LogP contribution in [-0.2, 0) is 11.2 Å². The van der Waals surface area contributed by atoms with Gasteiger partial charge in [-0.3, -0.25) is 4.79 Å². The summed E-state index contributed by atoms with van der Waals surface area (Å²) in [4.78, 5) is 11.9. The maximum absolute atomic E-state index is 13.1. The average molecular weight is 321 g/mol. The molecule has 0 saturated carbocycles. The lowest BCUT2D eigenvalue weighted by molar-refractivity contribution is -0.116. The quantitative estimate of drug-likeness (QED) is 0.885. The molecular weight excluding hydrogens is 304 g/mol. The minimum Gasteiger partial charge on any atom is -0.493 e. The van der Waals surface area contributed by atoms with Crippen molar-refractivity contribution in [2.24, 2.45) is 0 Å². The van der Waals surface area contributed by atoms with E-state index in [9.17, 15) is 13.6 Å². The Morgan fingerprint density at radius 2 is 1.65 bits per heavy atom. The fourth-order valence-electron chi connectivity index (χ4n) is 2.14. The third-order valence-electron chi connectivity index (χ3n) is 3.24. The molecule has 2 rings (SSSR count). The van der Waals surface area contributed by atoms with E-state index in [1.807, 2.05) is 6.07 Å². The van der Waals surface area contributed by atoms with Crippen LogP contribution in [0.5, 0.6) is 11.5 Å². The molecule has 0 saturated heterocycles. The molecule has 23 heavy (non-hydrogen) atoms. The number of carbonyl (C=O) groups is 1. The van der Waals surface area contributed by atoms with E-state index in [4.69, 9.17) is 9.47 Å². The van der Waals surface area contributed by atoms with Crippen molar-refractivity contribution in [1.29, 1.82) is 0 Å². The number of halogens is 2. The second kappa shape index (κ2) is 7.58. The van der Waals surface area contributed by atoms with Crippen LogP contribution in [0.1, 0.15) is 12.0 Å². The molecule has 0 heterocycles. The molecule has 2 aromatic rings. The summed E-state index contributed by atoms with van der Waals surface area (Å²) in [7, 11) is 3.08. The zero-order chi connectivity index (χ0) is 16.8. The van der Waals surface area contributed by atoms with Crippen LogP contribution >= 0.6 is 0 Å². The summed E-state index contributed by atoms with van der Waals surface area (Å²) in [5.41, 5.74) is 0.989. The van der Waals surface area contributed by atoms with Gasteiger partial charge in [0.25, 0.3) is 0 Å². The van der Waals surface area contributed by atoms with E-state index in [2.05, 4.69) is 5.32 Å². The highest BCUT2D eigenvalue weighted by Gasteiger charge is 2.08. The highest BCUT2D eigenvalue weighted by Crippen LogP contribution is 2.28. The van der Waals surface area contributed by atoms with Crippen molar-refractivity contribution in [3.05, 3.63) is 53.6 Å². The number of amides is 1. The molecule has 0 bridgehead atoms. The Labute approximate surface area is 133 Å². The molecule has 0 aliphatic carbocycles. The van der Waals surface area contributed by atoms with Crippen molar-refractivity contribution in [1.82, 2.24) is 0 Å². The second-order valence-corrected chi connectivity index (χ2v) is 4.90. The Morgan fingerprint density at radius 3 is 2.26 bits per heavy atom. The van der Waals surface area contributed by atoms with Gasteiger partial charge >= 0.3 is 0 Å². The first kappa shape index (κ1) is 16.7. The van der Waals surface area contributed by atoms with Gasteiger partial charge in [0.15, 0.2) is 11.5 Å². The fraction of sp³-hybridized carbons (Fsp3) is 0.235. The van der Waals surface area contributed by atoms with Gasteiger partial charge in [-0.25, -0.2) is 8.78 Å². The number of hydrogen-bond acceptors (Lipinski definition) is 3. The fourth-order valence-corrected chi connectivity index (χ4v) is 2.14. The lowest BCUT2D eigenvalue weighted by Crippen LogP contribution is -2.12. The third-order valence-corrected chi connectivity index (χ3v) is 3.24. The molecule has 2 aromatic carbocycles. The van der Waals surface area contributed by atoms with Crippen LogP contribution in [-0.4, -0.2) is 20.1 Å². The molecular formula is C17H17F2NO3. The number of benzene rings is 2. The summed E-state index contributed by atoms with van der Waals surface area (Å²) in [6, 6.07) is 8.26. The van der Waals surface area contributed by atoms with Gasteiger partial charge in [0.2, 0.25) is 5.91 Å². The molecule has 0 fully saturated rings. The summed E-state index contributed by atoms with van der Waals surface area (Å²) in [5, 5.41) is 2.47. The maximum atomic E-state index is 13.1. The molecule has 0 atom stereocenters. The van der Waals surface area contributed by atoms with Gasteiger partial charge in [-0.15, -0.1) is 0 Å². The lowest BCUT2D eigenvalue weighted by atomic mass is 10.1. The van der Waals surface area contributed by atoms with Crippen molar-refractivity contribution in [2.45, 2.75) is 12.8 Å². The van der Waals surface area contributed by atoms with Crippen LogP contribution in [0.3, 0.4) is 0 Å². The second-order valence-electron chi connectivity index (χ2n) is 4.90. The van der Waals surface area contributed by atoms with Crippen LogP contribution in [0.25, 0.3) is 0 Å². The topological polar surface area (TPSA) is 47.6 Å². The Bertz CT molecular complexity index is 684. The number of hydrogen-bond donors (Lipinski definition) is 1. The Balaban J connectivity index is 1.96.